The van der Waals surface area contributed by atoms with E-state index in [0.29, 0.717) is 6.04 Å². The topological polar surface area (TPSA) is 15.3 Å². The summed E-state index contributed by atoms with van der Waals surface area (Å²) >= 11 is 3.52. The number of halogens is 1. The van der Waals surface area contributed by atoms with Gasteiger partial charge in [0, 0.05) is 30.1 Å². The Morgan fingerprint density at radius 2 is 2.40 bits per heavy atom. The van der Waals surface area contributed by atoms with Crippen LogP contribution in [0.4, 0.5) is 0 Å². The lowest BCUT2D eigenvalue weighted by molar-refractivity contribution is 0.210. The normalized spacial score (nSPS) is 22.9. The number of benzene rings is 1. The van der Waals surface area contributed by atoms with E-state index in [-0.39, 0.29) is 0 Å². The molecular weight excluding hydrogens is 252 g/mol. The van der Waals surface area contributed by atoms with Crippen molar-refractivity contribution in [1.82, 2.24) is 10.2 Å². The Kier molecular flexibility index (Phi) is 3.78. The molecule has 0 aromatic heterocycles. The maximum absolute atomic E-state index is 3.56. The summed E-state index contributed by atoms with van der Waals surface area (Å²) < 4.78 is 1.16. The van der Waals surface area contributed by atoms with Crippen molar-refractivity contribution in [2.75, 3.05) is 26.2 Å². The molecule has 2 nitrogen and oxygen atoms in total. The second kappa shape index (κ2) is 5.10. The van der Waals surface area contributed by atoms with Gasteiger partial charge in [-0.3, -0.25) is 0 Å². The number of rotatable bonds is 2. The predicted octanol–water partition coefficient (Wildman–Crippen LogP) is 2.42. The van der Waals surface area contributed by atoms with Gasteiger partial charge in [-0.25, -0.2) is 0 Å². The molecule has 0 radical (unpaired) electrons. The minimum atomic E-state index is 0.483. The van der Waals surface area contributed by atoms with Gasteiger partial charge in [0.2, 0.25) is 0 Å². The average molecular weight is 269 g/mol. The lowest BCUT2D eigenvalue weighted by Gasteiger charge is -2.33. The van der Waals surface area contributed by atoms with Crippen LogP contribution in [-0.4, -0.2) is 31.1 Å². The van der Waals surface area contributed by atoms with Crippen molar-refractivity contribution < 1.29 is 0 Å². The summed E-state index contributed by atoms with van der Waals surface area (Å²) in [5.74, 6) is 0. The first-order valence-electron chi connectivity index (χ1n) is 5.51. The molecular formula is C12H17BrN2. The molecule has 1 N–H and O–H groups in total. The SMILES string of the molecule is CCN1CCN[C@@H](c2cccc(Br)c2)C1. The molecule has 0 amide bonds. The summed E-state index contributed by atoms with van der Waals surface area (Å²) in [6, 6.07) is 9.06. The third-order valence-electron chi connectivity index (χ3n) is 2.96. The van der Waals surface area contributed by atoms with Crippen LogP contribution in [0.5, 0.6) is 0 Å². The molecule has 0 bridgehead atoms. The summed E-state index contributed by atoms with van der Waals surface area (Å²) in [5.41, 5.74) is 1.38. The van der Waals surface area contributed by atoms with Crippen molar-refractivity contribution in [2.45, 2.75) is 13.0 Å². The van der Waals surface area contributed by atoms with Crippen LogP contribution in [0.2, 0.25) is 0 Å². The van der Waals surface area contributed by atoms with Gasteiger partial charge < -0.3 is 10.2 Å². The van der Waals surface area contributed by atoms with Gasteiger partial charge in [-0.2, -0.15) is 0 Å². The number of hydrogen-bond donors (Lipinski definition) is 1. The van der Waals surface area contributed by atoms with Gasteiger partial charge >= 0.3 is 0 Å². The Morgan fingerprint density at radius 3 is 3.13 bits per heavy atom. The number of nitrogens with one attached hydrogen (secondary N) is 1. The molecule has 1 atom stereocenters. The zero-order valence-electron chi connectivity index (χ0n) is 9.04. The zero-order valence-corrected chi connectivity index (χ0v) is 10.6. The molecule has 1 saturated heterocycles. The third-order valence-corrected chi connectivity index (χ3v) is 3.45. The van der Waals surface area contributed by atoms with E-state index < -0.39 is 0 Å². The van der Waals surface area contributed by atoms with Crippen LogP contribution in [-0.2, 0) is 0 Å². The highest BCUT2D eigenvalue weighted by atomic mass is 79.9. The molecule has 2 rings (SSSR count). The highest BCUT2D eigenvalue weighted by Crippen LogP contribution is 2.20. The maximum Gasteiger partial charge on any atom is 0.0450 e. The molecule has 0 aliphatic carbocycles. The highest BCUT2D eigenvalue weighted by Gasteiger charge is 2.19. The maximum atomic E-state index is 3.56. The van der Waals surface area contributed by atoms with E-state index >= 15 is 0 Å². The molecule has 15 heavy (non-hydrogen) atoms. The van der Waals surface area contributed by atoms with Gasteiger partial charge in [-0.05, 0) is 24.2 Å². The summed E-state index contributed by atoms with van der Waals surface area (Å²) in [4.78, 5) is 2.49. The lowest BCUT2D eigenvalue weighted by atomic mass is 10.0. The first-order chi connectivity index (χ1) is 7.29. The van der Waals surface area contributed by atoms with E-state index in [0.717, 1.165) is 24.1 Å². The monoisotopic (exact) mass is 268 g/mol. The minimum Gasteiger partial charge on any atom is -0.308 e. The van der Waals surface area contributed by atoms with E-state index in [4.69, 9.17) is 0 Å². The Bertz CT molecular complexity index is 327. The van der Waals surface area contributed by atoms with Crippen LogP contribution in [0.15, 0.2) is 28.7 Å². The van der Waals surface area contributed by atoms with Gasteiger partial charge in [0.1, 0.15) is 0 Å². The Hall–Kier alpha value is -0.380. The Morgan fingerprint density at radius 1 is 1.53 bits per heavy atom. The van der Waals surface area contributed by atoms with Crippen molar-refractivity contribution in [1.29, 1.82) is 0 Å². The molecule has 1 aliphatic rings. The first kappa shape index (κ1) is 11.1. The molecule has 0 spiro atoms. The van der Waals surface area contributed by atoms with Crippen LogP contribution in [0.3, 0.4) is 0 Å². The van der Waals surface area contributed by atoms with Crippen molar-refractivity contribution in [3.8, 4) is 0 Å². The van der Waals surface area contributed by atoms with Gasteiger partial charge in [0.05, 0.1) is 0 Å². The summed E-state index contributed by atoms with van der Waals surface area (Å²) in [7, 11) is 0. The van der Waals surface area contributed by atoms with Gasteiger partial charge in [-0.15, -0.1) is 0 Å². The standard InChI is InChI=1S/C12H17BrN2/c1-2-15-7-6-14-12(9-15)10-4-3-5-11(13)8-10/h3-5,8,12,14H,2,6-7,9H2,1H3/t12-/m1/s1. The van der Waals surface area contributed by atoms with Crippen LogP contribution in [0.25, 0.3) is 0 Å². The van der Waals surface area contributed by atoms with Crippen LogP contribution in [0, 0.1) is 0 Å². The smallest absolute Gasteiger partial charge is 0.0450 e. The fraction of sp³-hybridized carbons (Fsp3) is 0.500. The van der Waals surface area contributed by atoms with Crippen molar-refractivity contribution in [2.24, 2.45) is 0 Å². The summed E-state index contributed by atoms with van der Waals surface area (Å²) in [6.45, 7) is 6.74. The molecule has 0 saturated carbocycles. The van der Waals surface area contributed by atoms with Crippen molar-refractivity contribution in [3.63, 3.8) is 0 Å². The zero-order chi connectivity index (χ0) is 10.7. The fourth-order valence-corrected chi connectivity index (χ4v) is 2.46. The second-order valence-electron chi connectivity index (χ2n) is 3.95. The number of piperazine rings is 1. The van der Waals surface area contributed by atoms with Crippen LogP contribution in [0.1, 0.15) is 18.5 Å². The third kappa shape index (κ3) is 2.80. The molecule has 3 heteroatoms. The van der Waals surface area contributed by atoms with Gasteiger partial charge in [0.15, 0.2) is 0 Å². The van der Waals surface area contributed by atoms with E-state index in [2.05, 4.69) is 57.3 Å². The van der Waals surface area contributed by atoms with Gasteiger partial charge in [-0.1, -0.05) is 35.0 Å². The fourth-order valence-electron chi connectivity index (χ4n) is 2.04. The predicted molar refractivity (Wildman–Crippen MR) is 67.0 cm³/mol. The molecule has 82 valence electrons. The van der Waals surface area contributed by atoms with E-state index in [9.17, 15) is 0 Å². The largest absolute Gasteiger partial charge is 0.308 e. The van der Waals surface area contributed by atoms with E-state index in [1.807, 2.05) is 0 Å². The number of hydrogen-bond acceptors (Lipinski definition) is 2. The van der Waals surface area contributed by atoms with Crippen LogP contribution < -0.4 is 5.32 Å². The number of likely N-dealkylation sites (N-methyl/N-ethyl adjacent to an activating group) is 1. The molecule has 1 aromatic carbocycles. The Labute approximate surface area is 99.8 Å². The molecule has 1 fully saturated rings. The van der Waals surface area contributed by atoms with Crippen molar-refractivity contribution >= 4 is 15.9 Å². The van der Waals surface area contributed by atoms with E-state index in [1.54, 1.807) is 0 Å². The van der Waals surface area contributed by atoms with Crippen molar-refractivity contribution in [3.05, 3.63) is 34.3 Å². The summed E-state index contributed by atoms with van der Waals surface area (Å²) in [5, 5.41) is 3.56. The Balaban J connectivity index is 2.09. The molecule has 1 aliphatic heterocycles. The minimum absolute atomic E-state index is 0.483. The van der Waals surface area contributed by atoms with Gasteiger partial charge in [0.25, 0.3) is 0 Å². The highest BCUT2D eigenvalue weighted by molar-refractivity contribution is 9.10. The van der Waals surface area contributed by atoms with E-state index in [1.165, 1.54) is 12.1 Å². The quantitative estimate of drug-likeness (QED) is 0.887. The first-order valence-corrected chi connectivity index (χ1v) is 6.30. The molecule has 0 unspecified atom stereocenters. The van der Waals surface area contributed by atoms with Crippen LogP contribution >= 0.6 is 15.9 Å². The summed E-state index contributed by atoms with van der Waals surface area (Å²) in [6.07, 6.45) is 0. The second-order valence-corrected chi connectivity index (χ2v) is 4.87. The molecule has 1 aromatic rings. The lowest BCUT2D eigenvalue weighted by Crippen LogP contribution is -2.45. The number of nitrogens with zero attached hydrogens (tertiary/aromatic N) is 1. The molecule has 1 heterocycles. The average Bonchev–Trinajstić information content (AvgIpc) is 2.29.